The lowest BCUT2D eigenvalue weighted by Crippen LogP contribution is -2.52. The third kappa shape index (κ3) is 4.01. The number of anilines is 2. The van der Waals surface area contributed by atoms with E-state index >= 15 is 0 Å². The number of aromatic nitrogens is 2. The summed E-state index contributed by atoms with van der Waals surface area (Å²) in [5, 5.41) is 8.30. The summed E-state index contributed by atoms with van der Waals surface area (Å²) in [5.74, 6) is 1.04. The molecule has 0 unspecified atom stereocenters. The molecular formula is C22H28ClN5O. The number of halogens is 1. The van der Waals surface area contributed by atoms with E-state index in [0.717, 1.165) is 50.8 Å². The molecule has 2 aliphatic heterocycles. The molecule has 0 atom stereocenters. The van der Waals surface area contributed by atoms with Gasteiger partial charge < -0.3 is 14.5 Å². The zero-order valence-corrected chi connectivity index (χ0v) is 17.5. The molecule has 0 radical (unpaired) electrons. The van der Waals surface area contributed by atoms with Crippen LogP contribution in [-0.2, 0) is 0 Å². The Balaban J connectivity index is 1.15. The molecular weight excluding hydrogens is 386 g/mol. The summed E-state index contributed by atoms with van der Waals surface area (Å²) >= 11 is 6.00. The standard InChI is InChI=1S/C22H28ClN5O/c23-22-15-19(16-24-25-22)27-11-9-26(10-12-27)17-5-7-18(8-6-17)28-13-14-29-21-4-2-1-3-20(21)28/h1-4,15-18H,5-14H2. The fourth-order valence-electron chi connectivity index (χ4n) is 5.15. The van der Waals surface area contributed by atoms with Gasteiger partial charge in [0, 0.05) is 44.3 Å². The van der Waals surface area contributed by atoms with Crippen LogP contribution in [0.25, 0.3) is 0 Å². The SMILES string of the molecule is Clc1cc(N2CCN(C3CCC(N4CCOc5ccccc54)CC3)CC2)cnn1. The van der Waals surface area contributed by atoms with Crippen LogP contribution in [0.2, 0.25) is 5.15 Å². The molecule has 0 bridgehead atoms. The molecule has 6 nitrogen and oxygen atoms in total. The highest BCUT2D eigenvalue weighted by Gasteiger charge is 2.32. The van der Waals surface area contributed by atoms with E-state index in [-0.39, 0.29) is 0 Å². The lowest BCUT2D eigenvalue weighted by atomic mass is 9.88. The Morgan fingerprint density at radius 3 is 2.48 bits per heavy atom. The van der Waals surface area contributed by atoms with Crippen LogP contribution in [0.4, 0.5) is 11.4 Å². The van der Waals surface area contributed by atoms with Crippen LogP contribution in [0, 0.1) is 0 Å². The summed E-state index contributed by atoms with van der Waals surface area (Å²) in [6.07, 6.45) is 6.92. The minimum atomic E-state index is 0.466. The smallest absolute Gasteiger partial charge is 0.153 e. The maximum atomic E-state index is 6.00. The zero-order chi connectivity index (χ0) is 19.6. The van der Waals surface area contributed by atoms with Crippen LogP contribution in [0.5, 0.6) is 5.75 Å². The summed E-state index contributed by atoms with van der Waals surface area (Å²) in [6, 6.07) is 11.8. The van der Waals surface area contributed by atoms with Crippen LogP contribution in [0.15, 0.2) is 36.5 Å². The van der Waals surface area contributed by atoms with Crippen molar-refractivity contribution in [3.05, 3.63) is 41.7 Å². The fourth-order valence-corrected chi connectivity index (χ4v) is 5.31. The number of benzene rings is 1. The maximum absolute atomic E-state index is 6.00. The highest BCUT2D eigenvalue weighted by molar-refractivity contribution is 6.29. The Hall–Kier alpha value is -2.05. The molecule has 154 valence electrons. The quantitative estimate of drug-likeness (QED) is 0.767. The van der Waals surface area contributed by atoms with Gasteiger partial charge in [0.1, 0.15) is 12.4 Å². The Bertz CT molecular complexity index is 833. The fraction of sp³-hybridized carbons (Fsp3) is 0.545. The maximum Gasteiger partial charge on any atom is 0.153 e. The zero-order valence-electron chi connectivity index (χ0n) is 16.7. The molecule has 0 spiro atoms. The monoisotopic (exact) mass is 413 g/mol. The highest BCUT2D eigenvalue weighted by atomic mass is 35.5. The normalized spacial score (nSPS) is 25.4. The second-order valence-electron chi connectivity index (χ2n) is 8.23. The van der Waals surface area contributed by atoms with Crippen LogP contribution < -0.4 is 14.5 Å². The molecule has 3 aliphatic rings. The molecule has 3 heterocycles. The van der Waals surface area contributed by atoms with Gasteiger partial charge in [-0.3, -0.25) is 4.90 Å². The second kappa shape index (κ2) is 8.36. The van der Waals surface area contributed by atoms with Crippen molar-refractivity contribution in [2.75, 3.05) is 49.1 Å². The molecule has 1 saturated heterocycles. The van der Waals surface area contributed by atoms with Gasteiger partial charge in [0.2, 0.25) is 0 Å². The van der Waals surface area contributed by atoms with Crippen molar-refractivity contribution in [1.29, 1.82) is 0 Å². The lowest BCUT2D eigenvalue weighted by Gasteiger charge is -2.45. The Morgan fingerprint density at radius 1 is 0.931 bits per heavy atom. The molecule has 1 aromatic carbocycles. The summed E-state index contributed by atoms with van der Waals surface area (Å²) in [4.78, 5) is 7.65. The number of fused-ring (bicyclic) bond motifs is 1. The second-order valence-corrected chi connectivity index (χ2v) is 8.62. The minimum absolute atomic E-state index is 0.466. The van der Waals surface area contributed by atoms with Crippen LogP contribution >= 0.6 is 11.6 Å². The van der Waals surface area contributed by atoms with E-state index in [9.17, 15) is 0 Å². The molecule has 1 aliphatic carbocycles. The average molecular weight is 414 g/mol. The average Bonchev–Trinajstić information content (AvgIpc) is 2.79. The number of para-hydroxylation sites is 2. The van der Waals surface area contributed by atoms with Crippen LogP contribution in [0.3, 0.4) is 0 Å². The largest absolute Gasteiger partial charge is 0.490 e. The molecule has 2 aromatic rings. The number of hydrogen-bond donors (Lipinski definition) is 0. The van der Waals surface area contributed by atoms with Gasteiger partial charge in [0.25, 0.3) is 0 Å². The van der Waals surface area contributed by atoms with Crippen molar-refractivity contribution < 1.29 is 4.74 Å². The predicted octanol–water partition coefficient (Wildman–Crippen LogP) is 3.46. The van der Waals surface area contributed by atoms with Crippen molar-refractivity contribution in [2.24, 2.45) is 0 Å². The van der Waals surface area contributed by atoms with Gasteiger partial charge in [0.15, 0.2) is 5.15 Å². The van der Waals surface area contributed by atoms with Gasteiger partial charge in [-0.2, -0.15) is 5.10 Å². The van der Waals surface area contributed by atoms with Gasteiger partial charge in [0.05, 0.1) is 24.1 Å². The summed E-state index contributed by atoms with van der Waals surface area (Å²) in [7, 11) is 0. The Labute approximate surface area is 177 Å². The minimum Gasteiger partial charge on any atom is -0.490 e. The third-order valence-corrected chi connectivity index (χ3v) is 6.86. The molecule has 1 saturated carbocycles. The molecule has 7 heteroatoms. The van der Waals surface area contributed by atoms with Crippen molar-refractivity contribution in [1.82, 2.24) is 15.1 Å². The van der Waals surface area contributed by atoms with Gasteiger partial charge in [-0.15, -0.1) is 5.10 Å². The van der Waals surface area contributed by atoms with E-state index in [0.29, 0.717) is 17.2 Å². The number of rotatable bonds is 3. The van der Waals surface area contributed by atoms with E-state index in [1.165, 1.54) is 31.4 Å². The van der Waals surface area contributed by atoms with Crippen LogP contribution in [-0.4, -0.2) is 66.5 Å². The molecule has 0 amide bonds. The molecule has 29 heavy (non-hydrogen) atoms. The van der Waals surface area contributed by atoms with Gasteiger partial charge in [-0.05, 0) is 37.8 Å². The van der Waals surface area contributed by atoms with E-state index in [2.05, 4.69) is 49.2 Å². The van der Waals surface area contributed by atoms with E-state index < -0.39 is 0 Å². The first-order chi connectivity index (χ1) is 14.3. The van der Waals surface area contributed by atoms with Crippen molar-refractivity contribution >= 4 is 23.0 Å². The van der Waals surface area contributed by atoms with Gasteiger partial charge in [-0.25, -0.2) is 0 Å². The molecule has 1 aromatic heterocycles. The van der Waals surface area contributed by atoms with E-state index in [1.807, 2.05) is 12.3 Å². The first-order valence-corrected chi connectivity index (χ1v) is 11.1. The molecule has 2 fully saturated rings. The summed E-state index contributed by atoms with van der Waals surface area (Å²) in [5.41, 5.74) is 2.36. The molecule has 5 rings (SSSR count). The summed E-state index contributed by atoms with van der Waals surface area (Å²) in [6.45, 7) is 6.07. The third-order valence-electron chi connectivity index (χ3n) is 6.68. The number of hydrogen-bond acceptors (Lipinski definition) is 6. The highest BCUT2D eigenvalue weighted by Crippen LogP contribution is 2.37. The van der Waals surface area contributed by atoms with E-state index in [1.54, 1.807) is 0 Å². The Morgan fingerprint density at radius 2 is 1.69 bits per heavy atom. The van der Waals surface area contributed by atoms with Gasteiger partial charge >= 0.3 is 0 Å². The van der Waals surface area contributed by atoms with E-state index in [4.69, 9.17) is 16.3 Å². The predicted molar refractivity (Wildman–Crippen MR) is 116 cm³/mol. The van der Waals surface area contributed by atoms with Crippen LogP contribution in [0.1, 0.15) is 25.7 Å². The first-order valence-electron chi connectivity index (χ1n) is 10.7. The summed E-state index contributed by atoms with van der Waals surface area (Å²) < 4.78 is 5.84. The van der Waals surface area contributed by atoms with Crippen molar-refractivity contribution in [2.45, 2.75) is 37.8 Å². The number of ether oxygens (including phenoxy) is 1. The number of piperazine rings is 1. The number of nitrogens with zero attached hydrogens (tertiary/aromatic N) is 5. The lowest BCUT2D eigenvalue weighted by molar-refractivity contribution is 0.139. The van der Waals surface area contributed by atoms with Gasteiger partial charge in [-0.1, -0.05) is 23.7 Å². The van der Waals surface area contributed by atoms with Crippen molar-refractivity contribution in [3.8, 4) is 5.75 Å². The Kier molecular flexibility index (Phi) is 5.46. The molecule has 0 N–H and O–H groups in total. The first kappa shape index (κ1) is 18.9. The topological polar surface area (TPSA) is 44.7 Å². The van der Waals surface area contributed by atoms with Crippen molar-refractivity contribution in [3.63, 3.8) is 0 Å².